The van der Waals surface area contributed by atoms with Gasteiger partial charge in [-0.05, 0) is 36.2 Å². The van der Waals surface area contributed by atoms with Crippen LogP contribution in [0.2, 0.25) is 0 Å². The summed E-state index contributed by atoms with van der Waals surface area (Å²) in [5.74, 6) is -1.84. The quantitative estimate of drug-likeness (QED) is 0.759. The minimum atomic E-state index is -1.12. The molecule has 0 aliphatic carbocycles. The molecule has 0 aliphatic rings. The van der Waals surface area contributed by atoms with E-state index in [4.69, 9.17) is 10.4 Å². The van der Waals surface area contributed by atoms with Crippen LogP contribution in [0.15, 0.2) is 36.7 Å². The molecule has 3 rings (SSSR count). The molecule has 1 aromatic carbocycles. The third-order valence-corrected chi connectivity index (χ3v) is 3.75. The zero-order valence-corrected chi connectivity index (χ0v) is 12.9. The van der Waals surface area contributed by atoms with E-state index < -0.39 is 11.8 Å². The largest absolute Gasteiger partial charge is 0.493 e. The summed E-state index contributed by atoms with van der Waals surface area (Å²) in [6.07, 6.45) is 2.49. The molecule has 0 radical (unpaired) electrons. The predicted octanol–water partition coefficient (Wildman–Crippen LogP) is 2.66. The van der Waals surface area contributed by atoms with Gasteiger partial charge in [0.25, 0.3) is 0 Å². The van der Waals surface area contributed by atoms with Gasteiger partial charge in [0, 0.05) is 6.20 Å². The van der Waals surface area contributed by atoms with E-state index in [2.05, 4.69) is 10.1 Å². The minimum absolute atomic E-state index is 0.000581. The number of aromatic nitrogens is 3. The van der Waals surface area contributed by atoms with Crippen molar-refractivity contribution in [2.45, 2.75) is 6.92 Å². The van der Waals surface area contributed by atoms with Gasteiger partial charge in [-0.2, -0.15) is 15.0 Å². The van der Waals surface area contributed by atoms with Crippen LogP contribution < -0.4 is 0 Å². The lowest BCUT2D eigenvalue weighted by Gasteiger charge is -2.07. The molecular weight excluding hydrogens is 327 g/mol. The standard InChI is InChI=1S/C17H11FN4O3/c1-9-12(4-2-10(6-19)15(9)18)13-8-21-22(16(13)23)14-5-3-11(7-20-14)17(24)25/h2-5,7-8,23H,1H3,(H,24,25). The highest BCUT2D eigenvalue weighted by molar-refractivity contribution is 5.87. The molecule has 0 spiro atoms. The van der Waals surface area contributed by atoms with Crippen molar-refractivity contribution in [1.82, 2.24) is 14.8 Å². The van der Waals surface area contributed by atoms with Gasteiger partial charge in [0.1, 0.15) is 11.9 Å². The fraction of sp³-hybridized carbons (Fsp3) is 0.0588. The van der Waals surface area contributed by atoms with Crippen LogP contribution in [0.3, 0.4) is 0 Å². The Hall–Kier alpha value is -3.73. The fourth-order valence-corrected chi connectivity index (χ4v) is 2.40. The van der Waals surface area contributed by atoms with Crippen molar-refractivity contribution in [3.8, 4) is 28.9 Å². The van der Waals surface area contributed by atoms with Gasteiger partial charge in [-0.15, -0.1) is 0 Å². The molecule has 25 heavy (non-hydrogen) atoms. The summed E-state index contributed by atoms with van der Waals surface area (Å²) in [5.41, 5.74) is 0.787. The molecule has 0 atom stereocenters. The summed E-state index contributed by atoms with van der Waals surface area (Å²) in [4.78, 5) is 14.8. The van der Waals surface area contributed by atoms with Crippen molar-refractivity contribution < 1.29 is 19.4 Å². The van der Waals surface area contributed by atoms with E-state index in [0.29, 0.717) is 5.56 Å². The Bertz CT molecular complexity index is 1020. The molecule has 0 saturated carbocycles. The number of carboxylic acid groups (broad SMARTS) is 1. The van der Waals surface area contributed by atoms with Gasteiger partial charge in [0.15, 0.2) is 5.82 Å². The number of hydrogen-bond donors (Lipinski definition) is 2. The van der Waals surface area contributed by atoms with E-state index in [1.54, 1.807) is 6.07 Å². The highest BCUT2D eigenvalue weighted by atomic mass is 19.1. The second kappa shape index (κ2) is 6.05. The lowest BCUT2D eigenvalue weighted by molar-refractivity contribution is 0.0696. The number of nitrogens with zero attached hydrogens (tertiary/aromatic N) is 4. The van der Waals surface area contributed by atoms with Crippen LogP contribution in [-0.2, 0) is 0 Å². The van der Waals surface area contributed by atoms with E-state index in [9.17, 15) is 14.3 Å². The van der Waals surface area contributed by atoms with Crippen LogP contribution in [0, 0.1) is 24.1 Å². The van der Waals surface area contributed by atoms with Crippen LogP contribution in [-0.4, -0.2) is 30.9 Å². The van der Waals surface area contributed by atoms with Gasteiger partial charge in [-0.25, -0.2) is 14.2 Å². The van der Waals surface area contributed by atoms with Crippen molar-refractivity contribution in [1.29, 1.82) is 5.26 Å². The highest BCUT2D eigenvalue weighted by Crippen LogP contribution is 2.34. The minimum Gasteiger partial charge on any atom is -0.493 e. The van der Waals surface area contributed by atoms with Gasteiger partial charge < -0.3 is 10.2 Å². The molecule has 3 aromatic rings. The molecule has 0 saturated heterocycles. The molecule has 7 nitrogen and oxygen atoms in total. The summed E-state index contributed by atoms with van der Waals surface area (Å²) < 4.78 is 15.2. The molecule has 2 N–H and O–H groups in total. The monoisotopic (exact) mass is 338 g/mol. The number of hydrogen-bond acceptors (Lipinski definition) is 5. The molecule has 2 aromatic heterocycles. The lowest BCUT2D eigenvalue weighted by Crippen LogP contribution is -2.02. The van der Waals surface area contributed by atoms with E-state index >= 15 is 0 Å². The first-order chi connectivity index (χ1) is 11.9. The number of halogens is 1. The molecule has 2 heterocycles. The van der Waals surface area contributed by atoms with E-state index in [0.717, 1.165) is 10.9 Å². The molecule has 0 aliphatic heterocycles. The Balaban J connectivity index is 2.07. The maximum absolute atomic E-state index is 14.1. The number of carboxylic acids is 1. The second-order valence-corrected chi connectivity index (χ2v) is 5.22. The van der Waals surface area contributed by atoms with E-state index in [1.165, 1.54) is 37.4 Å². The molecule has 0 fully saturated rings. The predicted molar refractivity (Wildman–Crippen MR) is 84.8 cm³/mol. The maximum atomic E-state index is 14.1. The Labute approximate surface area is 141 Å². The van der Waals surface area contributed by atoms with Gasteiger partial charge in [-0.1, -0.05) is 6.07 Å². The number of benzene rings is 1. The van der Waals surface area contributed by atoms with Crippen molar-refractivity contribution >= 4 is 5.97 Å². The topological polar surface area (TPSA) is 112 Å². The van der Waals surface area contributed by atoms with Crippen molar-refractivity contribution in [3.05, 3.63) is 59.2 Å². The third-order valence-electron chi connectivity index (χ3n) is 3.75. The fourth-order valence-electron chi connectivity index (χ4n) is 2.40. The molecule has 0 unspecified atom stereocenters. The zero-order chi connectivity index (χ0) is 18.1. The zero-order valence-electron chi connectivity index (χ0n) is 12.9. The number of aromatic carboxylic acids is 1. The molecule has 124 valence electrons. The number of rotatable bonds is 3. The van der Waals surface area contributed by atoms with Crippen LogP contribution in [0.4, 0.5) is 4.39 Å². The summed E-state index contributed by atoms with van der Waals surface area (Å²) in [6.45, 7) is 1.50. The van der Waals surface area contributed by atoms with Crippen LogP contribution in [0.25, 0.3) is 16.9 Å². The van der Waals surface area contributed by atoms with E-state index in [1.807, 2.05) is 0 Å². The molecule has 0 amide bonds. The Morgan fingerprint density at radius 3 is 2.60 bits per heavy atom. The van der Waals surface area contributed by atoms with Crippen molar-refractivity contribution in [2.75, 3.05) is 0 Å². The van der Waals surface area contributed by atoms with Gasteiger partial charge >= 0.3 is 5.97 Å². The van der Waals surface area contributed by atoms with Crippen LogP contribution >= 0.6 is 0 Å². The van der Waals surface area contributed by atoms with Gasteiger partial charge in [-0.3, -0.25) is 0 Å². The lowest BCUT2D eigenvalue weighted by atomic mass is 10.00. The molecular formula is C17H11FN4O3. The first-order valence-corrected chi connectivity index (χ1v) is 7.10. The molecule has 8 heteroatoms. The molecule has 0 bridgehead atoms. The first-order valence-electron chi connectivity index (χ1n) is 7.10. The van der Waals surface area contributed by atoms with Crippen molar-refractivity contribution in [3.63, 3.8) is 0 Å². The van der Waals surface area contributed by atoms with E-state index in [-0.39, 0.29) is 34.0 Å². The van der Waals surface area contributed by atoms with Gasteiger partial charge in [0.05, 0.1) is 22.9 Å². The Morgan fingerprint density at radius 1 is 1.24 bits per heavy atom. The summed E-state index contributed by atoms with van der Waals surface area (Å²) in [7, 11) is 0. The number of aromatic hydroxyl groups is 1. The second-order valence-electron chi connectivity index (χ2n) is 5.22. The highest BCUT2D eigenvalue weighted by Gasteiger charge is 2.18. The summed E-state index contributed by atoms with van der Waals surface area (Å²) in [6, 6.07) is 7.34. The normalized spacial score (nSPS) is 10.4. The van der Waals surface area contributed by atoms with Crippen LogP contribution in [0.1, 0.15) is 21.5 Å². The smallest absolute Gasteiger partial charge is 0.337 e. The Kier molecular flexibility index (Phi) is 3.91. The first kappa shape index (κ1) is 16.1. The third kappa shape index (κ3) is 2.68. The average molecular weight is 338 g/mol. The summed E-state index contributed by atoms with van der Waals surface area (Å²) in [5, 5.41) is 32.2. The SMILES string of the molecule is Cc1c(-c2cnn(-c3ccc(C(=O)O)cn3)c2O)ccc(C#N)c1F. The maximum Gasteiger partial charge on any atom is 0.337 e. The number of nitriles is 1. The van der Waals surface area contributed by atoms with Gasteiger partial charge in [0.2, 0.25) is 5.88 Å². The Morgan fingerprint density at radius 2 is 2.00 bits per heavy atom. The van der Waals surface area contributed by atoms with Crippen LogP contribution in [0.5, 0.6) is 5.88 Å². The average Bonchev–Trinajstić information content (AvgIpc) is 2.99. The number of pyridine rings is 1. The van der Waals surface area contributed by atoms with Crippen molar-refractivity contribution in [2.24, 2.45) is 0 Å². The summed E-state index contributed by atoms with van der Waals surface area (Å²) >= 11 is 0. The number of carbonyl (C=O) groups is 1.